The monoisotopic (exact) mass is 608 g/mol. The van der Waals surface area contributed by atoms with Gasteiger partial charge in [-0.2, -0.15) is 10.2 Å². The molecule has 0 radical (unpaired) electrons. The fourth-order valence-corrected chi connectivity index (χ4v) is 7.01. The molecule has 0 fully saturated rings. The summed E-state index contributed by atoms with van der Waals surface area (Å²) in [7, 11) is 0. The van der Waals surface area contributed by atoms with Crippen LogP contribution in [0.4, 0.5) is 11.4 Å². The molecule has 3 heterocycles. The summed E-state index contributed by atoms with van der Waals surface area (Å²) < 4.78 is 6.41. The van der Waals surface area contributed by atoms with Gasteiger partial charge < -0.3 is 4.42 Å². The van der Waals surface area contributed by atoms with Crippen LogP contribution in [-0.4, -0.2) is 11.4 Å². The van der Waals surface area contributed by atoms with E-state index in [2.05, 4.69) is 168 Å². The van der Waals surface area contributed by atoms with Crippen molar-refractivity contribution in [2.75, 3.05) is 10.0 Å². The summed E-state index contributed by atoms with van der Waals surface area (Å²) in [4.78, 5) is 0. The maximum Gasteiger partial charge on any atom is 0.135 e. The number of nitrogens with zero attached hydrogens (tertiary/aromatic N) is 4. The quantitative estimate of drug-likeness (QED) is 0.189. The van der Waals surface area contributed by atoms with Crippen molar-refractivity contribution in [2.24, 2.45) is 10.2 Å². The molecule has 0 amide bonds. The van der Waals surface area contributed by atoms with E-state index in [9.17, 15) is 0 Å². The highest BCUT2D eigenvalue weighted by molar-refractivity contribution is 6.07. The van der Waals surface area contributed by atoms with Crippen LogP contribution in [0.2, 0.25) is 0 Å². The lowest BCUT2D eigenvalue weighted by Gasteiger charge is -2.24. The van der Waals surface area contributed by atoms with Crippen LogP contribution in [0.1, 0.15) is 47.2 Å². The number of hydrogen-bond acceptors (Lipinski definition) is 5. The highest BCUT2D eigenvalue weighted by Gasteiger charge is 2.32. The molecule has 2 unspecified atom stereocenters. The molecule has 7 aromatic rings. The zero-order chi connectivity index (χ0) is 31.2. The number of fused-ring (bicyclic) bond motifs is 3. The molecule has 0 spiro atoms. The summed E-state index contributed by atoms with van der Waals surface area (Å²) in [5.74, 6) is 0. The van der Waals surface area contributed by atoms with Crippen molar-refractivity contribution in [1.82, 2.24) is 0 Å². The summed E-state index contributed by atoms with van der Waals surface area (Å²) in [6, 6.07) is 55.3. The van der Waals surface area contributed by atoms with E-state index >= 15 is 0 Å². The molecule has 9 rings (SSSR count). The number of anilines is 2. The molecule has 47 heavy (non-hydrogen) atoms. The van der Waals surface area contributed by atoms with Crippen molar-refractivity contribution in [3.05, 3.63) is 180 Å². The minimum Gasteiger partial charge on any atom is -0.456 e. The molecule has 5 nitrogen and oxygen atoms in total. The Balaban J connectivity index is 1.11. The molecule has 2 atom stereocenters. The molecule has 6 aromatic carbocycles. The van der Waals surface area contributed by atoms with E-state index < -0.39 is 0 Å². The maximum atomic E-state index is 6.41. The van der Waals surface area contributed by atoms with Crippen molar-refractivity contribution in [2.45, 2.75) is 24.9 Å². The molecule has 2 aliphatic rings. The standard InChI is InChI=1S/C42H32N4O/c1-5-13-29(14-6-1)37-27-39(45(43-37)33-17-9-3-10-18-33)31-21-23-41-35(25-31)36-26-32(22-24-42(36)47-41)40-28-38(30-15-7-2-8-16-30)44-46(40)34-19-11-4-12-20-34/h1-26,39-40H,27-28H2. The Kier molecular flexibility index (Phi) is 6.67. The topological polar surface area (TPSA) is 44.3 Å². The lowest BCUT2D eigenvalue weighted by Crippen LogP contribution is -2.18. The van der Waals surface area contributed by atoms with Crippen LogP contribution < -0.4 is 10.0 Å². The first kappa shape index (κ1) is 27.4. The number of rotatable bonds is 6. The summed E-state index contributed by atoms with van der Waals surface area (Å²) in [5.41, 5.74) is 10.9. The van der Waals surface area contributed by atoms with Crippen LogP contribution in [0.25, 0.3) is 21.9 Å². The Hall–Kier alpha value is -5.94. The van der Waals surface area contributed by atoms with Crippen molar-refractivity contribution >= 4 is 44.7 Å². The van der Waals surface area contributed by atoms with Crippen LogP contribution in [0.3, 0.4) is 0 Å². The van der Waals surface area contributed by atoms with Gasteiger partial charge in [0, 0.05) is 23.6 Å². The zero-order valence-corrected chi connectivity index (χ0v) is 25.8. The van der Waals surface area contributed by atoms with Crippen LogP contribution in [-0.2, 0) is 0 Å². The average molecular weight is 609 g/mol. The number of furan rings is 1. The lowest BCUT2D eigenvalue weighted by molar-refractivity contribution is 0.666. The third-order valence-electron chi connectivity index (χ3n) is 9.36. The summed E-state index contributed by atoms with van der Waals surface area (Å²) >= 11 is 0. The van der Waals surface area contributed by atoms with Crippen molar-refractivity contribution in [3.63, 3.8) is 0 Å². The fraction of sp³-hybridized carbons (Fsp3) is 0.0952. The largest absolute Gasteiger partial charge is 0.456 e. The summed E-state index contributed by atoms with van der Waals surface area (Å²) in [6.07, 6.45) is 1.64. The van der Waals surface area contributed by atoms with Gasteiger partial charge in [0.1, 0.15) is 11.2 Å². The summed E-state index contributed by atoms with van der Waals surface area (Å²) in [6.45, 7) is 0. The highest BCUT2D eigenvalue weighted by atomic mass is 16.3. The van der Waals surface area contributed by atoms with Gasteiger partial charge in [0.15, 0.2) is 0 Å². The molecule has 0 saturated heterocycles. The third kappa shape index (κ3) is 4.97. The van der Waals surface area contributed by atoms with Gasteiger partial charge >= 0.3 is 0 Å². The Morgan fingerprint density at radius 1 is 0.447 bits per heavy atom. The minimum atomic E-state index is 0.0652. The molecular weight excluding hydrogens is 576 g/mol. The van der Waals surface area contributed by atoms with E-state index in [1.54, 1.807) is 0 Å². The Morgan fingerprint density at radius 2 is 0.830 bits per heavy atom. The number of benzene rings is 6. The Labute approximate surface area is 273 Å². The molecule has 0 bridgehead atoms. The van der Waals surface area contributed by atoms with Gasteiger partial charge in [-0.25, -0.2) is 0 Å². The van der Waals surface area contributed by atoms with Gasteiger partial charge in [0.05, 0.1) is 34.9 Å². The first-order valence-electron chi connectivity index (χ1n) is 16.2. The maximum absolute atomic E-state index is 6.41. The molecule has 2 aliphatic heterocycles. The second-order valence-corrected chi connectivity index (χ2v) is 12.2. The van der Waals surface area contributed by atoms with E-state index in [0.29, 0.717) is 0 Å². The van der Waals surface area contributed by atoms with E-state index in [4.69, 9.17) is 14.6 Å². The van der Waals surface area contributed by atoms with Gasteiger partial charge in [0.2, 0.25) is 0 Å². The van der Waals surface area contributed by atoms with Crippen LogP contribution in [0.15, 0.2) is 172 Å². The van der Waals surface area contributed by atoms with Crippen LogP contribution in [0.5, 0.6) is 0 Å². The Morgan fingerprint density at radius 3 is 1.23 bits per heavy atom. The van der Waals surface area contributed by atoms with E-state index in [1.165, 1.54) is 11.1 Å². The second-order valence-electron chi connectivity index (χ2n) is 12.2. The number of para-hydroxylation sites is 2. The first-order valence-corrected chi connectivity index (χ1v) is 16.2. The molecule has 5 heteroatoms. The predicted molar refractivity (Wildman–Crippen MR) is 192 cm³/mol. The molecular formula is C42H32N4O. The second kappa shape index (κ2) is 11.5. The normalized spacial score (nSPS) is 17.8. The van der Waals surface area contributed by atoms with Crippen LogP contribution in [0, 0.1) is 0 Å². The third-order valence-corrected chi connectivity index (χ3v) is 9.36. The number of hydrogen-bond donors (Lipinski definition) is 0. The molecule has 0 N–H and O–H groups in total. The van der Waals surface area contributed by atoms with E-state index in [1.807, 2.05) is 0 Å². The van der Waals surface area contributed by atoms with Crippen molar-refractivity contribution in [3.8, 4) is 0 Å². The Bertz CT molecular complexity index is 2100. The lowest BCUT2D eigenvalue weighted by atomic mass is 9.95. The van der Waals surface area contributed by atoms with E-state index in [-0.39, 0.29) is 12.1 Å². The highest BCUT2D eigenvalue weighted by Crippen LogP contribution is 2.42. The predicted octanol–water partition coefficient (Wildman–Crippen LogP) is 10.3. The van der Waals surface area contributed by atoms with Gasteiger partial charge in [-0.1, -0.05) is 109 Å². The van der Waals surface area contributed by atoms with Crippen LogP contribution >= 0.6 is 0 Å². The molecule has 1 aromatic heterocycles. The fourth-order valence-electron chi connectivity index (χ4n) is 7.01. The smallest absolute Gasteiger partial charge is 0.135 e. The van der Waals surface area contributed by atoms with Crippen molar-refractivity contribution < 1.29 is 4.42 Å². The van der Waals surface area contributed by atoms with Gasteiger partial charge in [-0.3, -0.25) is 10.0 Å². The zero-order valence-electron chi connectivity index (χ0n) is 25.8. The summed E-state index contributed by atoms with van der Waals surface area (Å²) in [5, 5.41) is 16.9. The van der Waals surface area contributed by atoms with Gasteiger partial charge in [-0.15, -0.1) is 0 Å². The molecule has 0 aliphatic carbocycles. The average Bonchev–Trinajstić information content (AvgIpc) is 3.89. The van der Waals surface area contributed by atoms with Gasteiger partial charge in [0.25, 0.3) is 0 Å². The first-order chi connectivity index (χ1) is 23.3. The number of hydrazone groups is 2. The molecule has 0 saturated carbocycles. The SMILES string of the molecule is c1ccc(C2=NN(c3ccccc3)C(c3ccc4oc5ccc(C6CC(c7ccccc7)=NN6c6ccccc6)cc5c4c3)C2)cc1. The molecule has 226 valence electrons. The minimum absolute atomic E-state index is 0.0652. The van der Waals surface area contributed by atoms with Crippen molar-refractivity contribution in [1.29, 1.82) is 0 Å². The van der Waals surface area contributed by atoms with E-state index in [0.717, 1.165) is 68.7 Å². The van der Waals surface area contributed by atoms with Gasteiger partial charge in [-0.05, 0) is 70.8 Å².